The van der Waals surface area contributed by atoms with Gasteiger partial charge >= 0.3 is 0 Å². The third kappa shape index (κ3) is 3.13. The van der Waals surface area contributed by atoms with Crippen LogP contribution in [0.5, 0.6) is 11.5 Å². The highest BCUT2D eigenvalue weighted by Gasteiger charge is 2.20. The number of pyridine rings is 1. The molecule has 1 aliphatic rings. The standard InChI is InChI=1S/C19H26N2O3/c1-12-5-7-21(8-6-12)11-16-13(2)20-18-15(19(16)22)9-14(23-3)10-17(18)24-4/h9-10,12H,5-8,11H2,1-4H3,(H,20,22). The van der Waals surface area contributed by atoms with Crippen LogP contribution in [0.15, 0.2) is 16.9 Å². The van der Waals surface area contributed by atoms with E-state index in [1.807, 2.05) is 6.92 Å². The van der Waals surface area contributed by atoms with Gasteiger partial charge in [-0.3, -0.25) is 9.69 Å². The van der Waals surface area contributed by atoms with E-state index in [9.17, 15) is 4.79 Å². The number of rotatable bonds is 4. The van der Waals surface area contributed by atoms with E-state index in [1.165, 1.54) is 12.8 Å². The summed E-state index contributed by atoms with van der Waals surface area (Å²) < 4.78 is 10.7. The molecule has 130 valence electrons. The molecule has 0 unspecified atom stereocenters. The first-order chi connectivity index (χ1) is 11.5. The average Bonchev–Trinajstić information content (AvgIpc) is 2.59. The van der Waals surface area contributed by atoms with Crippen LogP contribution in [0.3, 0.4) is 0 Å². The predicted octanol–water partition coefficient (Wildman–Crippen LogP) is 3.09. The van der Waals surface area contributed by atoms with Crippen LogP contribution < -0.4 is 14.9 Å². The molecular formula is C19H26N2O3. The summed E-state index contributed by atoms with van der Waals surface area (Å²) in [6.45, 7) is 7.07. The molecule has 2 aromatic rings. The summed E-state index contributed by atoms with van der Waals surface area (Å²) in [5.41, 5.74) is 2.55. The van der Waals surface area contributed by atoms with Gasteiger partial charge in [-0.15, -0.1) is 0 Å². The van der Waals surface area contributed by atoms with Crippen LogP contribution in [0.1, 0.15) is 31.0 Å². The summed E-state index contributed by atoms with van der Waals surface area (Å²) in [6, 6.07) is 3.58. The molecule has 1 fully saturated rings. The van der Waals surface area contributed by atoms with Crippen LogP contribution in [-0.4, -0.2) is 37.2 Å². The molecule has 0 amide bonds. The summed E-state index contributed by atoms with van der Waals surface area (Å²) in [4.78, 5) is 18.8. The van der Waals surface area contributed by atoms with Gasteiger partial charge in [-0.1, -0.05) is 6.92 Å². The highest BCUT2D eigenvalue weighted by atomic mass is 16.5. The Kier molecular flexibility index (Phi) is 4.81. The molecule has 1 N–H and O–H groups in total. The number of aromatic amines is 1. The molecule has 5 nitrogen and oxygen atoms in total. The Morgan fingerprint density at radius 2 is 1.92 bits per heavy atom. The molecule has 1 aromatic carbocycles. The zero-order valence-corrected chi connectivity index (χ0v) is 14.9. The zero-order valence-electron chi connectivity index (χ0n) is 14.9. The molecule has 0 spiro atoms. The molecule has 1 aliphatic heterocycles. The highest BCUT2D eigenvalue weighted by molar-refractivity contribution is 5.86. The monoisotopic (exact) mass is 330 g/mol. The minimum Gasteiger partial charge on any atom is -0.497 e. The lowest BCUT2D eigenvalue weighted by molar-refractivity contribution is 0.184. The maximum atomic E-state index is 13.1. The number of likely N-dealkylation sites (tertiary alicyclic amines) is 1. The fourth-order valence-corrected chi connectivity index (χ4v) is 3.41. The lowest BCUT2D eigenvalue weighted by Crippen LogP contribution is -2.34. The first-order valence-corrected chi connectivity index (χ1v) is 8.53. The Morgan fingerprint density at radius 3 is 2.54 bits per heavy atom. The van der Waals surface area contributed by atoms with E-state index in [4.69, 9.17) is 9.47 Å². The highest BCUT2D eigenvalue weighted by Crippen LogP contribution is 2.29. The molecule has 5 heteroatoms. The Labute approximate surface area is 142 Å². The fraction of sp³-hybridized carbons (Fsp3) is 0.526. The van der Waals surface area contributed by atoms with Crippen LogP contribution in [0.4, 0.5) is 0 Å². The number of H-pyrrole nitrogens is 1. The number of aromatic nitrogens is 1. The molecule has 3 rings (SSSR count). The largest absolute Gasteiger partial charge is 0.497 e. The molecular weight excluding hydrogens is 304 g/mol. The Balaban J connectivity index is 2.04. The molecule has 0 radical (unpaired) electrons. The number of hydrogen-bond acceptors (Lipinski definition) is 4. The maximum Gasteiger partial charge on any atom is 0.194 e. The van der Waals surface area contributed by atoms with Gasteiger partial charge in [0.05, 0.1) is 25.1 Å². The van der Waals surface area contributed by atoms with Crippen molar-refractivity contribution in [2.45, 2.75) is 33.2 Å². The smallest absolute Gasteiger partial charge is 0.194 e. The topological polar surface area (TPSA) is 54.6 Å². The van der Waals surface area contributed by atoms with Gasteiger partial charge in [0.25, 0.3) is 0 Å². The maximum absolute atomic E-state index is 13.1. The van der Waals surface area contributed by atoms with E-state index >= 15 is 0 Å². The van der Waals surface area contributed by atoms with Gasteiger partial charge in [0.2, 0.25) is 0 Å². The zero-order chi connectivity index (χ0) is 17.3. The van der Waals surface area contributed by atoms with Crippen LogP contribution in [0, 0.1) is 12.8 Å². The van der Waals surface area contributed by atoms with Crippen molar-refractivity contribution in [3.05, 3.63) is 33.6 Å². The van der Waals surface area contributed by atoms with Crippen molar-refractivity contribution in [1.29, 1.82) is 0 Å². The second-order valence-electron chi connectivity index (χ2n) is 6.77. The molecule has 24 heavy (non-hydrogen) atoms. The summed E-state index contributed by atoms with van der Waals surface area (Å²) in [6.07, 6.45) is 2.40. The minimum atomic E-state index is 0.0667. The molecule has 1 saturated heterocycles. The predicted molar refractivity (Wildman–Crippen MR) is 96.1 cm³/mol. The van der Waals surface area contributed by atoms with E-state index in [-0.39, 0.29) is 5.43 Å². The van der Waals surface area contributed by atoms with Crippen molar-refractivity contribution in [2.75, 3.05) is 27.3 Å². The number of methoxy groups -OCH3 is 2. The van der Waals surface area contributed by atoms with Gasteiger partial charge in [0, 0.05) is 23.9 Å². The van der Waals surface area contributed by atoms with Crippen molar-refractivity contribution in [3.8, 4) is 11.5 Å². The van der Waals surface area contributed by atoms with Crippen LogP contribution in [0.2, 0.25) is 0 Å². The Bertz CT molecular complexity index is 789. The lowest BCUT2D eigenvalue weighted by Gasteiger charge is -2.30. The number of fused-ring (bicyclic) bond motifs is 1. The van der Waals surface area contributed by atoms with Gasteiger partial charge in [0.15, 0.2) is 5.43 Å². The van der Waals surface area contributed by atoms with E-state index in [0.29, 0.717) is 23.4 Å². The quantitative estimate of drug-likeness (QED) is 0.936. The number of aryl methyl sites for hydroxylation is 1. The van der Waals surface area contributed by atoms with Gasteiger partial charge in [-0.2, -0.15) is 0 Å². The molecule has 2 heterocycles. The van der Waals surface area contributed by atoms with E-state index < -0.39 is 0 Å². The Hall–Kier alpha value is -2.01. The minimum absolute atomic E-state index is 0.0667. The van der Waals surface area contributed by atoms with Crippen molar-refractivity contribution in [3.63, 3.8) is 0 Å². The first-order valence-electron chi connectivity index (χ1n) is 8.53. The fourth-order valence-electron chi connectivity index (χ4n) is 3.41. The Morgan fingerprint density at radius 1 is 1.21 bits per heavy atom. The van der Waals surface area contributed by atoms with E-state index in [1.54, 1.807) is 26.4 Å². The second-order valence-corrected chi connectivity index (χ2v) is 6.77. The molecule has 0 bridgehead atoms. The molecule has 0 aliphatic carbocycles. The number of nitrogens with zero attached hydrogens (tertiary/aromatic N) is 1. The van der Waals surface area contributed by atoms with Crippen molar-refractivity contribution in [2.24, 2.45) is 5.92 Å². The average molecular weight is 330 g/mol. The summed E-state index contributed by atoms with van der Waals surface area (Å²) >= 11 is 0. The third-order valence-corrected chi connectivity index (χ3v) is 5.07. The van der Waals surface area contributed by atoms with Crippen molar-refractivity contribution < 1.29 is 9.47 Å². The van der Waals surface area contributed by atoms with Crippen LogP contribution >= 0.6 is 0 Å². The lowest BCUT2D eigenvalue weighted by atomic mass is 9.98. The van der Waals surface area contributed by atoms with Crippen LogP contribution in [-0.2, 0) is 6.54 Å². The second kappa shape index (κ2) is 6.85. The van der Waals surface area contributed by atoms with Gasteiger partial charge in [0.1, 0.15) is 11.5 Å². The molecule has 1 aromatic heterocycles. The van der Waals surface area contributed by atoms with Crippen molar-refractivity contribution in [1.82, 2.24) is 9.88 Å². The van der Waals surface area contributed by atoms with E-state index in [0.717, 1.165) is 35.8 Å². The summed E-state index contributed by atoms with van der Waals surface area (Å²) in [5.74, 6) is 2.04. The first kappa shape index (κ1) is 16.8. The van der Waals surface area contributed by atoms with Crippen LogP contribution in [0.25, 0.3) is 10.9 Å². The van der Waals surface area contributed by atoms with Gasteiger partial charge in [-0.25, -0.2) is 0 Å². The van der Waals surface area contributed by atoms with Crippen molar-refractivity contribution >= 4 is 10.9 Å². The van der Waals surface area contributed by atoms with Gasteiger partial charge in [-0.05, 0) is 44.8 Å². The number of piperidine rings is 1. The van der Waals surface area contributed by atoms with E-state index in [2.05, 4.69) is 16.8 Å². The summed E-state index contributed by atoms with van der Waals surface area (Å²) in [7, 11) is 3.20. The SMILES string of the molecule is COc1cc(OC)c2[nH]c(C)c(CN3CCC(C)CC3)c(=O)c2c1. The molecule has 0 saturated carbocycles. The third-order valence-electron chi connectivity index (χ3n) is 5.07. The number of hydrogen-bond donors (Lipinski definition) is 1. The molecule has 0 atom stereocenters. The van der Waals surface area contributed by atoms with Gasteiger partial charge < -0.3 is 14.5 Å². The number of benzene rings is 1. The summed E-state index contributed by atoms with van der Waals surface area (Å²) in [5, 5.41) is 0.622. The number of nitrogens with one attached hydrogen (secondary N) is 1. The number of ether oxygens (including phenoxy) is 2. The normalized spacial score (nSPS) is 16.5.